The molecule has 0 unspecified atom stereocenters. The van der Waals surface area contributed by atoms with Crippen LogP contribution in [-0.2, 0) is 4.79 Å². The Morgan fingerprint density at radius 2 is 1.76 bits per heavy atom. The molecule has 0 atom stereocenters. The molecular weight excluding hydrogens is 214 g/mol. The van der Waals surface area contributed by atoms with Crippen molar-refractivity contribution in [2.75, 3.05) is 13.6 Å². The summed E-state index contributed by atoms with van der Waals surface area (Å²) >= 11 is 0. The zero-order valence-electron chi connectivity index (χ0n) is 10.7. The molecule has 0 heterocycles. The number of ketones is 1. The number of unbranched alkanes of at least 4 members (excludes halogenated alkanes) is 1. The van der Waals surface area contributed by atoms with Gasteiger partial charge in [0, 0.05) is 19.2 Å². The Kier molecular flexibility index (Phi) is 4.88. The highest BCUT2D eigenvalue weighted by atomic mass is 16.2. The zero-order chi connectivity index (χ0) is 12.8. The van der Waals surface area contributed by atoms with Crippen LogP contribution in [0.3, 0.4) is 0 Å². The van der Waals surface area contributed by atoms with Crippen molar-refractivity contribution < 1.29 is 9.59 Å². The Bertz CT molecular complexity index is 395. The van der Waals surface area contributed by atoms with Crippen molar-refractivity contribution in [2.24, 2.45) is 0 Å². The summed E-state index contributed by atoms with van der Waals surface area (Å²) in [6.45, 7) is 4.64. The van der Waals surface area contributed by atoms with Gasteiger partial charge in [0.05, 0.1) is 0 Å². The summed E-state index contributed by atoms with van der Waals surface area (Å²) in [4.78, 5) is 25.2. The highest BCUT2D eigenvalue weighted by Gasteiger charge is 2.19. The van der Waals surface area contributed by atoms with Gasteiger partial charge in [0.25, 0.3) is 5.91 Å². The summed E-state index contributed by atoms with van der Waals surface area (Å²) in [5, 5.41) is 0. The van der Waals surface area contributed by atoms with Gasteiger partial charge in [-0.25, -0.2) is 0 Å². The maximum Gasteiger partial charge on any atom is 0.294 e. The van der Waals surface area contributed by atoms with Gasteiger partial charge in [-0.15, -0.1) is 0 Å². The Balaban J connectivity index is 2.69. The number of benzene rings is 1. The van der Waals surface area contributed by atoms with Gasteiger partial charge < -0.3 is 4.90 Å². The molecule has 0 saturated carbocycles. The van der Waals surface area contributed by atoms with Crippen molar-refractivity contribution in [3.63, 3.8) is 0 Å². The quantitative estimate of drug-likeness (QED) is 0.578. The van der Waals surface area contributed by atoms with E-state index in [1.165, 1.54) is 4.90 Å². The summed E-state index contributed by atoms with van der Waals surface area (Å²) < 4.78 is 0. The Hall–Kier alpha value is -1.64. The molecule has 0 spiro atoms. The van der Waals surface area contributed by atoms with Gasteiger partial charge >= 0.3 is 0 Å². The predicted octanol–water partition coefficient (Wildman–Crippen LogP) is 2.44. The molecule has 1 amide bonds. The lowest BCUT2D eigenvalue weighted by Crippen LogP contribution is -2.34. The molecule has 3 heteroatoms. The van der Waals surface area contributed by atoms with Crippen LogP contribution in [0.25, 0.3) is 0 Å². The fraction of sp³-hybridized carbons (Fsp3) is 0.429. The van der Waals surface area contributed by atoms with E-state index in [-0.39, 0.29) is 0 Å². The highest BCUT2D eigenvalue weighted by molar-refractivity contribution is 6.42. The number of amides is 1. The minimum absolute atomic E-state index is 0.427. The van der Waals surface area contributed by atoms with Crippen LogP contribution in [0.4, 0.5) is 0 Å². The molecule has 0 aliphatic heterocycles. The van der Waals surface area contributed by atoms with Gasteiger partial charge in [0.2, 0.25) is 5.78 Å². The third-order valence-electron chi connectivity index (χ3n) is 2.70. The van der Waals surface area contributed by atoms with Crippen molar-refractivity contribution in [3.8, 4) is 0 Å². The number of hydrogen-bond acceptors (Lipinski definition) is 2. The molecule has 1 aromatic carbocycles. The summed E-state index contributed by atoms with van der Waals surface area (Å²) in [7, 11) is 1.67. The van der Waals surface area contributed by atoms with Crippen LogP contribution in [0.5, 0.6) is 0 Å². The van der Waals surface area contributed by atoms with E-state index in [2.05, 4.69) is 6.92 Å². The first-order chi connectivity index (χ1) is 8.06. The average molecular weight is 233 g/mol. The average Bonchev–Trinajstić information content (AvgIpc) is 2.35. The maximum atomic E-state index is 11.9. The second-order valence-corrected chi connectivity index (χ2v) is 4.28. The van der Waals surface area contributed by atoms with Crippen LogP contribution in [0, 0.1) is 6.92 Å². The fourth-order valence-corrected chi connectivity index (χ4v) is 1.50. The molecule has 0 aliphatic carbocycles. The second kappa shape index (κ2) is 6.18. The summed E-state index contributed by atoms with van der Waals surface area (Å²) in [6.07, 6.45) is 1.93. The van der Waals surface area contributed by atoms with E-state index in [9.17, 15) is 9.59 Å². The molecule has 1 aromatic rings. The molecule has 0 saturated heterocycles. The second-order valence-electron chi connectivity index (χ2n) is 4.28. The number of carbonyl (C=O) groups excluding carboxylic acids is 2. The van der Waals surface area contributed by atoms with Crippen molar-refractivity contribution >= 4 is 11.7 Å². The molecule has 0 aromatic heterocycles. The first-order valence-electron chi connectivity index (χ1n) is 5.92. The lowest BCUT2D eigenvalue weighted by molar-refractivity contribution is -0.125. The molecule has 0 aliphatic rings. The number of likely N-dealkylation sites (N-methyl/N-ethyl adjacent to an activating group) is 1. The van der Waals surface area contributed by atoms with E-state index < -0.39 is 11.7 Å². The smallest absolute Gasteiger partial charge is 0.294 e. The lowest BCUT2D eigenvalue weighted by atomic mass is 10.1. The molecule has 3 nitrogen and oxygen atoms in total. The molecule has 0 N–H and O–H groups in total. The van der Waals surface area contributed by atoms with Crippen LogP contribution < -0.4 is 0 Å². The zero-order valence-corrected chi connectivity index (χ0v) is 10.7. The van der Waals surface area contributed by atoms with E-state index in [1.807, 2.05) is 19.1 Å². The first-order valence-corrected chi connectivity index (χ1v) is 5.92. The normalized spacial score (nSPS) is 10.1. The largest absolute Gasteiger partial charge is 0.339 e. The number of aryl methyl sites for hydroxylation is 1. The Morgan fingerprint density at radius 3 is 2.29 bits per heavy atom. The third-order valence-corrected chi connectivity index (χ3v) is 2.70. The van der Waals surface area contributed by atoms with Crippen molar-refractivity contribution in [3.05, 3.63) is 35.4 Å². The number of nitrogens with zero attached hydrogens (tertiary/aromatic N) is 1. The number of carbonyl (C=O) groups is 2. The lowest BCUT2D eigenvalue weighted by Gasteiger charge is -2.15. The van der Waals surface area contributed by atoms with Gasteiger partial charge in [-0.05, 0) is 13.3 Å². The van der Waals surface area contributed by atoms with Crippen molar-refractivity contribution in [1.82, 2.24) is 4.90 Å². The molecule has 0 radical (unpaired) electrons. The van der Waals surface area contributed by atoms with Gasteiger partial charge in [0.15, 0.2) is 0 Å². The number of hydrogen-bond donors (Lipinski definition) is 0. The van der Waals surface area contributed by atoms with Gasteiger partial charge in [0.1, 0.15) is 0 Å². The highest BCUT2D eigenvalue weighted by Crippen LogP contribution is 2.06. The van der Waals surface area contributed by atoms with Crippen molar-refractivity contribution in [1.29, 1.82) is 0 Å². The SMILES string of the molecule is CCCCN(C)C(=O)C(=O)c1ccc(C)cc1. The summed E-state index contributed by atoms with van der Waals surface area (Å²) in [6, 6.07) is 7.07. The number of Topliss-reactive ketones (excluding diaryl/α,β-unsaturated/α-hetero) is 1. The topological polar surface area (TPSA) is 37.4 Å². The van der Waals surface area contributed by atoms with Crippen LogP contribution >= 0.6 is 0 Å². The predicted molar refractivity (Wildman–Crippen MR) is 68.1 cm³/mol. The minimum Gasteiger partial charge on any atom is -0.339 e. The number of rotatable bonds is 5. The van der Waals surface area contributed by atoms with E-state index in [0.29, 0.717) is 12.1 Å². The van der Waals surface area contributed by atoms with Crippen LogP contribution in [0.15, 0.2) is 24.3 Å². The Morgan fingerprint density at radius 1 is 1.18 bits per heavy atom. The van der Waals surface area contributed by atoms with Gasteiger partial charge in [-0.3, -0.25) is 9.59 Å². The molecule has 1 rings (SSSR count). The first kappa shape index (κ1) is 13.4. The van der Waals surface area contributed by atoms with Gasteiger partial charge in [-0.2, -0.15) is 0 Å². The standard InChI is InChI=1S/C14H19NO2/c1-4-5-10-15(3)14(17)13(16)12-8-6-11(2)7-9-12/h6-9H,4-5,10H2,1-3H3. The van der Waals surface area contributed by atoms with Gasteiger partial charge in [-0.1, -0.05) is 43.2 Å². The molecule has 0 fully saturated rings. The maximum absolute atomic E-state index is 11.9. The van der Waals surface area contributed by atoms with Crippen LogP contribution in [0.1, 0.15) is 35.7 Å². The van der Waals surface area contributed by atoms with E-state index in [1.54, 1.807) is 19.2 Å². The van der Waals surface area contributed by atoms with Crippen molar-refractivity contribution in [2.45, 2.75) is 26.7 Å². The summed E-state index contributed by atoms with van der Waals surface area (Å²) in [5.74, 6) is -0.856. The minimum atomic E-state index is -0.428. The molecule has 92 valence electrons. The molecule has 17 heavy (non-hydrogen) atoms. The van der Waals surface area contributed by atoms with E-state index in [4.69, 9.17) is 0 Å². The van der Waals surface area contributed by atoms with E-state index in [0.717, 1.165) is 18.4 Å². The molecule has 0 bridgehead atoms. The van der Waals surface area contributed by atoms with E-state index >= 15 is 0 Å². The van der Waals surface area contributed by atoms with Crippen LogP contribution in [0.2, 0.25) is 0 Å². The fourth-order valence-electron chi connectivity index (χ4n) is 1.50. The molecular formula is C14H19NO2. The monoisotopic (exact) mass is 233 g/mol. The Labute approximate surface area is 102 Å². The summed E-state index contributed by atoms with van der Waals surface area (Å²) in [5.41, 5.74) is 1.54. The third kappa shape index (κ3) is 3.70. The van der Waals surface area contributed by atoms with Crippen LogP contribution in [-0.4, -0.2) is 30.2 Å².